The minimum absolute atomic E-state index is 0.135. The Morgan fingerprint density at radius 2 is 1.52 bits per heavy atom. The fourth-order valence-corrected chi connectivity index (χ4v) is 4.40. The van der Waals surface area contributed by atoms with Crippen LogP contribution in [-0.4, -0.2) is 86.6 Å². The summed E-state index contributed by atoms with van der Waals surface area (Å²) in [5.41, 5.74) is 0.135. The highest BCUT2D eigenvalue weighted by Crippen LogP contribution is 2.36. The van der Waals surface area contributed by atoms with Crippen molar-refractivity contribution in [2.24, 2.45) is 0 Å². The van der Waals surface area contributed by atoms with Crippen molar-refractivity contribution in [3.05, 3.63) is 0 Å². The lowest BCUT2D eigenvalue weighted by atomic mass is 9.83. The lowest BCUT2D eigenvalue weighted by Gasteiger charge is -2.49. The number of nitrogens with zero attached hydrogens (tertiary/aromatic N) is 2. The molecule has 21 heavy (non-hydrogen) atoms. The van der Waals surface area contributed by atoms with E-state index >= 15 is 0 Å². The molecule has 4 rings (SSSR count). The van der Waals surface area contributed by atoms with E-state index in [1.165, 1.54) is 52.1 Å². The number of ether oxygens (including phenoxy) is 2. The van der Waals surface area contributed by atoms with E-state index in [0.29, 0.717) is 0 Å². The Labute approximate surface area is 127 Å². The first-order chi connectivity index (χ1) is 10.3. The molecule has 0 saturated carbocycles. The molecule has 0 bridgehead atoms. The van der Waals surface area contributed by atoms with Gasteiger partial charge in [-0.25, -0.2) is 0 Å². The zero-order chi connectivity index (χ0) is 14.1. The van der Waals surface area contributed by atoms with Crippen LogP contribution in [0.15, 0.2) is 0 Å². The maximum Gasteiger partial charge on any atom is 0.0741 e. The quantitative estimate of drug-likeness (QED) is 0.793. The lowest BCUT2D eigenvalue weighted by molar-refractivity contribution is -0.153. The van der Waals surface area contributed by atoms with Crippen molar-refractivity contribution in [2.45, 2.75) is 43.4 Å². The monoisotopic (exact) mass is 295 g/mol. The first kappa shape index (κ1) is 14.4. The molecule has 5 nitrogen and oxygen atoms in total. The van der Waals surface area contributed by atoms with Gasteiger partial charge in [-0.05, 0) is 25.7 Å². The Hall–Kier alpha value is -0.200. The van der Waals surface area contributed by atoms with E-state index < -0.39 is 0 Å². The maximum absolute atomic E-state index is 6.19. The summed E-state index contributed by atoms with van der Waals surface area (Å²) in [6, 6.07) is 1.54. The molecule has 4 saturated heterocycles. The standard InChI is InChI=1S/C16H29N3O2/c1-8-21-16(2-9-20-10-3-16)11-14(1)18-4-6-19(7-5-18)15-12-17-13-15/h14-15,17H,1-13H2. The van der Waals surface area contributed by atoms with E-state index in [9.17, 15) is 0 Å². The van der Waals surface area contributed by atoms with Gasteiger partial charge in [-0.2, -0.15) is 0 Å². The Morgan fingerprint density at radius 1 is 0.857 bits per heavy atom. The number of piperazine rings is 1. The molecular weight excluding hydrogens is 266 g/mol. The average Bonchev–Trinajstić information content (AvgIpc) is 2.47. The van der Waals surface area contributed by atoms with Crippen molar-refractivity contribution >= 4 is 0 Å². The van der Waals surface area contributed by atoms with Crippen LogP contribution in [0, 0.1) is 0 Å². The van der Waals surface area contributed by atoms with Gasteiger partial charge in [-0.3, -0.25) is 9.80 Å². The van der Waals surface area contributed by atoms with Gasteiger partial charge in [0.1, 0.15) is 0 Å². The second kappa shape index (κ2) is 6.13. The van der Waals surface area contributed by atoms with Crippen molar-refractivity contribution < 1.29 is 9.47 Å². The third-order valence-electron chi connectivity index (χ3n) is 6.01. The Bertz CT molecular complexity index is 342. The van der Waals surface area contributed by atoms with Gasteiger partial charge >= 0.3 is 0 Å². The first-order valence-corrected chi connectivity index (χ1v) is 8.75. The van der Waals surface area contributed by atoms with Crippen LogP contribution in [0.4, 0.5) is 0 Å². The molecule has 4 aliphatic heterocycles. The van der Waals surface area contributed by atoms with E-state index in [1.54, 1.807) is 0 Å². The van der Waals surface area contributed by atoms with Gasteiger partial charge in [-0.15, -0.1) is 0 Å². The topological polar surface area (TPSA) is 37.0 Å². The van der Waals surface area contributed by atoms with Gasteiger partial charge in [0.25, 0.3) is 0 Å². The smallest absolute Gasteiger partial charge is 0.0741 e. The van der Waals surface area contributed by atoms with Crippen molar-refractivity contribution in [3.63, 3.8) is 0 Å². The summed E-state index contributed by atoms with van der Waals surface area (Å²) in [5, 5.41) is 3.39. The van der Waals surface area contributed by atoms with Crippen LogP contribution in [0.3, 0.4) is 0 Å². The van der Waals surface area contributed by atoms with Crippen LogP contribution < -0.4 is 5.32 Å². The second-order valence-corrected chi connectivity index (χ2v) is 7.17. The van der Waals surface area contributed by atoms with Crippen molar-refractivity contribution in [3.8, 4) is 0 Å². The maximum atomic E-state index is 6.19. The fraction of sp³-hybridized carbons (Fsp3) is 1.00. The molecule has 1 N–H and O–H groups in total. The van der Waals surface area contributed by atoms with Gasteiger partial charge in [0.15, 0.2) is 0 Å². The first-order valence-electron chi connectivity index (χ1n) is 8.75. The molecule has 0 aliphatic carbocycles. The van der Waals surface area contributed by atoms with Crippen molar-refractivity contribution in [2.75, 3.05) is 59.1 Å². The predicted molar refractivity (Wildman–Crippen MR) is 81.6 cm³/mol. The van der Waals surface area contributed by atoms with Gasteiger partial charge in [0.05, 0.1) is 5.60 Å². The van der Waals surface area contributed by atoms with E-state index in [-0.39, 0.29) is 5.60 Å². The zero-order valence-corrected chi connectivity index (χ0v) is 13.1. The third-order valence-corrected chi connectivity index (χ3v) is 6.01. The van der Waals surface area contributed by atoms with E-state index in [0.717, 1.165) is 44.7 Å². The van der Waals surface area contributed by atoms with Crippen molar-refractivity contribution in [1.29, 1.82) is 0 Å². The van der Waals surface area contributed by atoms with Crippen LogP contribution >= 0.6 is 0 Å². The van der Waals surface area contributed by atoms with Crippen molar-refractivity contribution in [1.82, 2.24) is 15.1 Å². The largest absolute Gasteiger partial charge is 0.381 e. The molecule has 0 amide bonds. The molecule has 0 aromatic rings. The summed E-state index contributed by atoms with van der Waals surface area (Å²) in [4.78, 5) is 5.42. The molecule has 1 atom stereocenters. The summed E-state index contributed by atoms with van der Waals surface area (Å²) in [6.07, 6.45) is 4.63. The minimum atomic E-state index is 0.135. The van der Waals surface area contributed by atoms with E-state index in [1.807, 2.05) is 0 Å². The minimum Gasteiger partial charge on any atom is -0.381 e. The van der Waals surface area contributed by atoms with Crippen LogP contribution in [0.5, 0.6) is 0 Å². The molecule has 120 valence electrons. The molecular formula is C16H29N3O2. The fourth-order valence-electron chi connectivity index (χ4n) is 4.40. The van der Waals surface area contributed by atoms with Crippen LogP contribution in [0.25, 0.3) is 0 Å². The Morgan fingerprint density at radius 3 is 2.14 bits per heavy atom. The molecule has 0 aromatic heterocycles. The number of hydrogen-bond acceptors (Lipinski definition) is 5. The normalized spacial score (nSPS) is 35.7. The van der Waals surface area contributed by atoms with Gasteiger partial charge in [0, 0.05) is 71.2 Å². The highest BCUT2D eigenvalue weighted by atomic mass is 16.5. The summed E-state index contributed by atoms with van der Waals surface area (Å²) in [5.74, 6) is 0. The molecule has 4 aliphatic rings. The molecule has 1 spiro atoms. The lowest BCUT2D eigenvalue weighted by Crippen LogP contribution is -2.63. The molecule has 4 heterocycles. The Kier molecular flexibility index (Phi) is 4.20. The highest BCUT2D eigenvalue weighted by Gasteiger charge is 2.41. The SMILES string of the molecule is C1CC2(CCO1)CC(N1CCN(C3CNC3)CC1)CCO2. The predicted octanol–water partition coefficient (Wildman–Crippen LogP) is 0.304. The number of hydrogen-bond donors (Lipinski definition) is 1. The van der Waals surface area contributed by atoms with Gasteiger partial charge in [0.2, 0.25) is 0 Å². The summed E-state index contributed by atoms with van der Waals surface area (Å²) in [7, 11) is 0. The second-order valence-electron chi connectivity index (χ2n) is 7.17. The van der Waals surface area contributed by atoms with E-state index in [2.05, 4.69) is 15.1 Å². The zero-order valence-electron chi connectivity index (χ0n) is 13.1. The van der Waals surface area contributed by atoms with Crippen LogP contribution in [-0.2, 0) is 9.47 Å². The van der Waals surface area contributed by atoms with Crippen LogP contribution in [0.1, 0.15) is 25.7 Å². The Balaban J connectivity index is 1.31. The van der Waals surface area contributed by atoms with Crippen LogP contribution in [0.2, 0.25) is 0 Å². The van der Waals surface area contributed by atoms with E-state index in [4.69, 9.17) is 9.47 Å². The molecule has 1 unspecified atom stereocenters. The molecule has 5 heteroatoms. The number of rotatable bonds is 2. The molecule has 4 fully saturated rings. The average molecular weight is 295 g/mol. The summed E-state index contributed by atoms with van der Waals surface area (Å²) >= 11 is 0. The van der Waals surface area contributed by atoms with Gasteiger partial charge in [-0.1, -0.05) is 0 Å². The van der Waals surface area contributed by atoms with Gasteiger partial charge < -0.3 is 14.8 Å². The summed E-state index contributed by atoms with van der Waals surface area (Å²) < 4.78 is 11.7. The summed E-state index contributed by atoms with van der Waals surface area (Å²) in [6.45, 7) is 10.1. The number of nitrogens with one attached hydrogen (secondary N) is 1. The highest BCUT2D eigenvalue weighted by molar-refractivity contribution is 4.94. The third kappa shape index (κ3) is 2.99. The molecule has 0 aromatic carbocycles. The molecule has 0 radical (unpaired) electrons.